The van der Waals surface area contributed by atoms with Crippen molar-refractivity contribution in [1.82, 2.24) is 4.98 Å². The molecule has 0 saturated heterocycles. The number of carbonyl (C=O) groups is 2. The Kier molecular flexibility index (Phi) is 6.32. The molecule has 5 nitrogen and oxygen atoms in total. The van der Waals surface area contributed by atoms with Crippen LogP contribution >= 0.6 is 34.5 Å². The fourth-order valence-electron chi connectivity index (χ4n) is 2.85. The normalized spacial score (nSPS) is 10.5. The first-order valence-corrected chi connectivity index (χ1v) is 10.8. The van der Waals surface area contributed by atoms with Crippen LogP contribution in [0.4, 0.5) is 10.8 Å². The highest BCUT2D eigenvalue weighted by Gasteiger charge is 2.12. The van der Waals surface area contributed by atoms with E-state index in [-0.39, 0.29) is 11.8 Å². The van der Waals surface area contributed by atoms with Gasteiger partial charge in [0.1, 0.15) is 0 Å². The second-order valence-electron chi connectivity index (χ2n) is 6.55. The summed E-state index contributed by atoms with van der Waals surface area (Å²) in [4.78, 5) is 29.3. The van der Waals surface area contributed by atoms with Gasteiger partial charge < -0.3 is 5.32 Å². The van der Waals surface area contributed by atoms with Gasteiger partial charge in [0.05, 0.1) is 5.69 Å². The van der Waals surface area contributed by atoms with Crippen LogP contribution in [0, 0.1) is 0 Å². The summed E-state index contributed by atoms with van der Waals surface area (Å²) in [6.07, 6.45) is 0. The van der Waals surface area contributed by atoms with E-state index in [9.17, 15) is 9.59 Å². The standard InChI is InChI=1S/C23H15Cl2N3O2S/c24-17-7-1-5-15(10-17)21(29)26-19-9-3-4-14(12-19)20-13-31-23(27-20)28-22(30)16-6-2-8-18(25)11-16/h1-13H,(H,26,29)(H,27,28,30). The number of benzene rings is 3. The molecule has 0 saturated carbocycles. The fraction of sp³-hybridized carbons (Fsp3) is 0. The molecule has 1 aromatic heterocycles. The van der Waals surface area contributed by atoms with Gasteiger partial charge in [0, 0.05) is 37.8 Å². The Balaban J connectivity index is 1.48. The molecule has 0 spiro atoms. The van der Waals surface area contributed by atoms with E-state index in [2.05, 4.69) is 15.6 Å². The molecule has 0 radical (unpaired) electrons. The van der Waals surface area contributed by atoms with Crippen molar-refractivity contribution in [3.63, 3.8) is 0 Å². The van der Waals surface area contributed by atoms with Crippen LogP contribution in [0.5, 0.6) is 0 Å². The average molecular weight is 468 g/mol. The number of carbonyl (C=O) groups excluding carboxylic acids is 2. The second-order valence-corrected chi connectivity index (χ2v) is 8.28. The zero-order chi connectivity index (χ0) is 21.8. The van der Waals surface area contributed by atoms with Crippen LogP contribution in [0.15, 0.2) is 78.2 Å². The van der Waals surface area contributed by atoms with Crippen LogP contribution < -0.4 is 10.6 Å². The van der Waals surface area contributed by atoms with Gasteiger partial charge >= 0.3 is 0 Å². The highest BCUT2D eigenvalue weighted by Crippen LogP contribution is 2.27. The highest BCUT2D eigenvalue weighted by molar-refractivity contribution is 7.14. The smallest absolute Gasteiger partial charge is 0.257 e. The minimum atomic E-state index is -0.286. The molecule has 8 heteroatoms. The number of hydrogen-bond donors (Lipinski definition) is 2. The summed E-state index contributed by atoms with van der Waals surface area (Å²) in [5.41, 5.74) is 3.04. The summed E-state index contributed by atoms with van der Waals surface area (Å²) >= 11 is 13.2. The van der Waals surface area contributed by atoms with Gasteiger partial charge in [-0.1, -0.05) is 47.5 Å². The van der Waals surface area contributed by atoms with Gasteiger partial charge in [-0.2, -0.15) is 0 Å². The maximum absolute atomic E-state index is 12.5. The molecule has 31 heavy (non-hydrogen) atoms. The summed E-state index contributed by atoms with van der Waals surface area (Å²) < 4.78 is 0. The number of halogens is 2. The third kappa shape index (κ3) is 5.30. The van der Waals surface area contributed by atoms with Crippen LogP contribution in [-0.4, -0.2) is 16.8 Å². The van der Waals surface area contributed by atoms with Crippen molar-refractivity contribution in [1.29, 1.82) is 0 Å². The quantitative estimate of drug-likeness (QED) is 0.346. The van der Waals surface area contributed by atoms with Gasteiger partial charge in [0.15, 0.2) is 5.13 Å². The molecule has 0 bridgehead atoms. The molecule has 4 aromatic rings. The summed E-state index contributed by atoms with van der Waals surface area (Å²) in [6.45, 7) is 0. The van der Waals surface area contributed by atoms with Gasteiger partial charge in [-0.05, 0) is 48.5 Å². The summed E-state index contributed by atoms with van der Waals surface area (Å²) in [5.74, 6) is -0.543. The lowest BCUT2D eigenvalue weighted by atomic mass is 10.1. The van der Waals surface area contributed by atoms with Crippen LogP contribution in [-0.2, 0) is 0 Å². The van der Waals surface area contributed by atoms with Gasteiger partial charge in [0.25, 0.3) is 11.8 Å². The molecule has 2 amide bonds. The molecule has 0 aliphatic heterocycles. The van der Waals surface area contributed by atoms with E-state index >= 15 is 0 Å². The van der Waals surface area contributed by atoms with Crippen molar-refractivity contribution >= 4 is 57.2 Å². The lowest BCUT2D eigenvalue weighted by molar-refractivity contribution is 0.101. The number of amides is 2. The maximum atomic E-state index is 12.5. The van der Waals surface area contributed by atoms with Crippen molar-refractivity contribution in [3.05, 3.63) is 99.3 Å². The topological polar surface area (TPSA) is 71.1 Å². The number of nitrogens with one attached hydrogen (secondary N) is 2. The summed E-state index contributed by atoms with van der Waals surface area (Å²) in [5, 5.41) is 8.93. The predicted molar refractivity (Wildman–Crippen MR) is 126 cm³/mol. The second kappa shape index (κ2) is 9.31. The average Bonchev–Trinajstić information content (AvgIpc) is 3.22. The Hall–Kier alpha value is -3.19. The Bertz CT molecular complexity index is 1270. The summed E-state index contributed by atoms with van der Waals surface area (Å²) in [7, 11) is 0. The van der Waals surface area contributed by atoms with Crippen molar-refractivity contribution in [3.8, 4) is 11.3 Å². The first-order valence-electron chi connectivity index (χ1n) is 9.18. The van der Waals surface area contributed by atoms with Gasteiger partial charge in [-0.15, -0.1) is 11.3 Å². The SMILES string of the molecule is O=C(Nc1cccc(-c2csc(NC(=O)c3cccc(Cl)c3)n2)c1)c1cccc(Cl)c1. The van der Waals surface area contributed by atoms with Crippen molar-refractivity contribution in [2.24, 2.45) is 0 Å². The Morgan fingerprint density at radius 3 is 2.03 bits per heavy atom. The molecule has 3 aromatic carbocycles. The van der Waals surface area contributed by atoms with Gasteiger partial charge in [0.2, 0.25) is 0 Å². The van der Waals surface area contributed by atoms with Crippen LogP contribution in [0.2, 0.25) is 10.0 Å². The molecule has 0 atom stereocenters. The minimum Gasteiger partial charge on any atom is -0.322 e. The number of nitrogens with zero attached hydrogens (tertiary/aromatic N) is 1. The monoisotopic (exact) mass is 467 g/mol. The third-order valence-electron chi connectivity index (χ3n) is 4.31. The van der Waals surface area contributed by atoms with Gasteiger partial charge in [-0.25, -0.2) is 4.98 Å². The maximum Gasteiger partial charge on any atom is 0.257 e. The van der Waals surface area contributed by atoms with Crippen molar-refractivity contribution < 1.29 is 9.59 Å². The molecule has 2 N–H and O–H groups in total. The Morgan fingerprint density at radius 2 is 1.39 bits per heavy atom. The van der Waals surface area contributed by atoms with E-state index in [1.54, 1.807) is 54.6 Å². The molecular weight excluding hydrogens is 453 g/mol. The van der Waals surface area contributed by atoms with Crippen LogP contribution in [0.25, 0.3) is 11.3 Å². The largest absolute Gasteiger partial charge is 0.322 e. The molecule has 0 fully saturated rings. The van der Waals surface area contributed by atoms with Crippen molar-refractivity contribution in [2.75, 3.05) is 10.6 Å². The minimum absolute atomic E-state index is 0.257. The first kappa shape index (κ1) is 21.1. The van der Waals surface area contributed by atoms with E-state index in [1.807, 2.05) is 23.6 Å². The lowest BCUT2D eigenvalue weighted by Crippen LogP contribution is -2.12. The molecule has 0 aliphatic carbocycles. The predicted octanol–water partition coefficient (Wildman–Crippen LogP) is 6.62. The van der Waals surface area contributed by atoms with E-state index in [0.29, 0.717) is 37.7 Å². The molecule has 154 valence electrons. The van der Waals surface area contributed by atoms with E-state index < -0.39 is 0 Å². The Morgan fingerprint density at radius 1 is 0.774 bits per heavy atom. The van der Waals surface area contributed by atoms with Crippen molar-refractivity contribution in [2.45, 2.75) is 0 Å². The van der Waals surface area contributed by atoms with Gasteiger partial charge in [-0.3, -0.25) is 14.9 Å². The fourth-order valence-corrected chi connectivity index (χ4v) is 3.95. The van der Waals surface area contributed by atoms with E-state index in [0.717, 1.165) is 5.56 Å². The number of thiazole rings is 1. The molecule has 1 heterocycles. The van der Waals surface area contributed by atoms with Crippen LogP contribution in [0.1, 0.15) is 20.7 Å². The van der Waals surface area contributed by atoms with Crippen LogP contribution in [0.3, 0.4) is 0 Å². The number of anilines is 2. The third-order valence-corrected chi connectivity index (χ3v) is 5.54. The molecule has 0 aliphatic rings. The number of aromatic nitrogens is 1. The molecule has 0 unspecified atom stereocenters. The van der Waals surface area contributed by atoms with E-state index in [1.165, 1.54) is 11.3 Å². The molecular formula is C23H15Cl2N3O2S. The lowest BCUT2D eigenvalue weighted by Gasteiger charge is -2.07. The highest BCUT2D eigenvalue weighted by atomic mass is 35.5. The first-order chi connectivity index (χ1) is 15.0. The summed E-state index contributed by atoms with van der Waals surface area (Å²) in [6, 6.07) is 20.8. The van der Waals surface area contributed by atoms with E-state index in [4.69, 9.17) is 23.2 Å². The Labute approximate surface area is 192 Å². The number of rotatable bonds is 5. The zero-order valence-corrected chi connectivity index (χ0v) is 18.3. The zero-order valence-electron chi connectivity index (χ0n) is 15.9. The molecule has 4 rings (SSSR count). The number of hydrogen-bond acceptors (Lipinski definition) is 4.